The third-order valence-electron chi connectivity index (χ3n) is 2.90. The zero-order valence-electron chi connectivity index (χ0n) is 11.3. The van der Waals surface area contributed by atoms with Gasteiger partial charge in [0.2, 0.25) is 0 Å². The number of pyridine rings is 1. The Balaban J connectivity index is 1.98. The van der Waals surface area contributed by atoms with E-state index in [0.29, 0.717) is 12.1 Å². The van der Waals surface area contributed by atoms with Crippen molar-refractivity contribution >= 4 is 5.69 Å². The van der Waals surface area contributed by atoms with E-state index in [1.54, 1.807) is 12.1 Å². The number of anilines is 1. The van der Waals surface area contributed by atoms with Crippen molar-refractivity contribution in [3.8, 4) is 0 Å². The van der Waals surface area contributed by atoms with Gasteiger partial charge in [0.05, 0.1) is 11.9 Å². The van der Waals surface area contributed by atoms with E-state index < -0.39 is 11.9 Å². The first-order valence-electron chi connectivity index (χ1n) is 6.39. The molecule has 1 unspecified atom stereocenters. The van der Waals surface area contributed by atoms with Crippen LogP contribution in [0.5, 0.6) is 0 Å². The molecule has 1 aromatic heterocycles. The van der Waals surface area contributed by atoms with Crippen molar-refractivity contribution in [2.45, 2.75) is 25.6 Å². The average molecular weight is 298 g/mol. The fourth-order valence-corrected chi connectivity index (χ4v) is 2.00. The summed E-state index contributed by atoms with van der Waals surface area (Å²) in [5.74, 6) is -0.309. The minimum Gasteiger partial charge on any atom is -0.381 e. The van der Waals surface area contributed by atoms with Gasteiger partial charge in [-0.2, -0.15) is 13.2 Å². The molecule has 0 aliphatic heterocycles. The molecule has 2 rings (SSSR count). The van der Waals surface area contributed by atoms with Gasteiger partial charge in [-0.3, -0.25) is 0 Å². The van der Waals surface area contributed by atoms with Crippen molar-refractivity contribution in [3.63, 3.8) is 0 Å². The second kappa shape index (κ2) is 6.11. The lowest BCUT2D eigenvalue weighted by Gasteiger charge is -2.15. The number of hydrogen-bond donors (Lipinski definition) is 1. The van der Waals surface area contributed by atoms with Gasteiger partial charge >= 0.3 is 6.18 Å². The van der Waals surface area contributed by atoms with Gasteiger partial charge in [-0.15, -0.1) is 0 Å². The second-order valence-electron chi connectivity index (χ2n) is 4.81. The number of halogens is 4. The summed E-state index contributed by atoms with van der Waals surface area (Å²) in [6.07, 6.45) is -2.74. The molecule has 1 N–H and O–H groups in total. The van der Waals surface area contributed by atoms with Gasteiger partial charge in [0, 0.05) is 6.04 Å². The van der Waals surface area contributed by atoms with Gasteiger partial charge in [-0.05, 0) is 43.2 Å². The first-order chi connectivity index (χ1) is 9.84. The monoisotopic (exact) mass is 298 g/mol. The molecule has 0 bridgehead atoms. The molecular weight excluding hydrogens is 284 g/mol. The SMILES string of the molecule is CC(Cc1cccc(F)c1)Nc1ccc(C(F)(F)F)nc1. The highest BCUT2D eigenvalue weighted by atomic mass is 19.4. The van der Waals surface area contributed by atoms with Crippen LogP contribution < -0.4 is 5.32 Å². The molecule has 0 aliphatic carbocycles. The summed E-state index contributed by atoms with van der Waals surface area (Å²) in [5.41, 5.74) is 0.382. The largest absolute Gasteiger partial charge is 0.433 e. The molecule has 112 valence electrons. The first kappa shape index (κ1) is 15.3. The minimum absolute atomic E-state index is 0.0645. The number of aromatic nitrogens is 1. The van der Waals surface area contributed by atoms with Gasteiger partial charge in [-0.1, -0.05) is 12.1 Å². The van der Waals surface area contributed by atoms with Crippen LogP contribution >= 0.6 is 0 Å². The molecule has 0 spiro atoms. The maximum absolute atomic E-state index is 13.1. The van der Waals surface area contributed by atoms with E-state index in [1.807, 2.05) is 6.92 Å². The summed E-state index contributed by atoms with van der Waals surface area (Å²) in [6.45, 7) is 1.86. The fourth-order valence-electron chi connectivity index (χ4n) is 2.00. The highest BCUT2D eigenvalue weighted by molar-refractivity contribution is 5.42. The Hall–Kier alpha value is -2.11. The highest BCUT2D eigenvalue weighted by Crippen LogP contribution is 2.27. The zero-order chi connectivity index (χ0) is 15.5. The number of benzene rings is 1. The van der Waals surface area contributed by atoms with Crippen LogP contribution in [0.4, 0.5) is 23.2 Å². The maximum Gasteiger partial charge on any atom is 0.433 e. The highest BCUT2D eigenvalue weighted by Gasteiger charge is 2.32. The van der Waals surface area contributed by atoms with Gasteiger partial charge in [0.25, 0.3) is 0 Å². The Morgan fingerprint density at radius 3 is 2.52 bits per heavy atom. The van der Waals surface area contributed by atoms with Gasteiger partial charge in [0.1, 0.15) is 11.5 Å². The summed E-state index contributed by atoms with van der Waals surface area (Å²) in [5, 5.41) is 3.04. The van der Waals surface area contributed by atoms with Crippen LogP contribution in [0.1, 0.15) is 18.2 Å². The second-order valence-corrected chi connectivity index (χ2v) is 4.81. The Bertz CT molecular complexity index is 593. The molecule has 0 radical (unpaired) electrons. The van der Waals surface area contributed by atoms with Crippen LogP contribution in [0, 0.1) is 5.82 Å². The standard InChI is InChI=1S/C15H14F4N2/c1-10(7-11-3-2-4-12(16)8-11)21-13-5-6-14(20-9-13)15(17,18)19/h2-6,8-10,21H,7H2,1H3. The molecule has 2 aromatic rings. The topological polar surface area (TPSA) is 24.9 Å². The van der Waals surface area contributed by atoms with E-state index in [-0.39, 0.29) is 11.9 Å². The number of alkyl halides is 3. The first-order valence-corrected chi connectivity index (χ1v) is 6.39. The normalized spacial score (nSPS) is 13.0. The summed E-state index contributed by atoms with van der Waals surface area (Å²) in [6, 6.07) is 8.41. The lowest BCUT2D eigenvalue weighted by atomic mass is 10.1. The third-order valence-corrected chi connectivity index (χ3v) is 2.90. The van der Waals surface area contributed by atoms with Crippen LogP contribution in [0.2, 0.25) is 0 Å². The van der Waals surface area contributed by atoms with E-state index in [0.717, 1.165) is 17.8 Å². The lowest BCUT2D eigenvalue weighted by Crippen LogP contribution is -2.18. The zero-order valence-corrected chi connectivity index (χ0v) is 11.3. The molecule has 2 nitrogen and oxygen atoms in total. The molecule has 0 fully saturated rings. The third kappa shape index (κ3) is 4.44. The maximum atomic E-state index is 13.1. The molecule has 1 heterocycles. The Morgan fingerprint density at radius 1 is 1.19 bits per heavy atom. The van der Waals surface area contributed by atoms with E-state index in [2.05, 4.69) is 10.3 Å². The van der Waals surface area contributed by atoms with Crippen molar-refractivity contribution in [2.24, 2.45) is 0 Å². The lowest BCUT2D eigenvalue weighted by molar-refractivity contribution is -0.141. The molecule has 1 aromatic carbocycles. The molecule has 0 saturated heterocycles. The van der Waals surface area contributed by atoms with Crippen molar-refractivity contribution in [3.05, 3.63) is 59.7 Å². The quantitative estimate of drug-likeness (QED) is 0.852. The van der Waals surface area contributed by atoms with E-state index in [4.69, 9.17) is 0 Å². The van der Waals surface area contributed by atoms with Crippen LogP contribution in [0.15, 0.2) is 42.6 Å². The van der Waals surface area contributed by atoms with E-state index >= 15 is 0 Å². The average Bonchev–Trinajstić information content (AvgIpc) is 2.38. The van der Waals surface area contributed by atoms with Gasteiger partial charge in [0.15, 0.2) is 0 Å². The number of nitrogens with one attached hydrogen (secondary N) is 1. The Labute approximate surface area is 119 Å². The molecule has 1 atom stereocenters. The number of nitrogens with zero attached hydrogens (tertiary/aromatic N) is 1. The van der Waals surface area contributed by atoms with Crippen LogP contribution in [0.25, 0.3) is 0 Å². The van der Waals surface area contributed by atoms with Crippen molar-refractivity contribution in [2.75, 3.05) is 5.32 Å². The van der Waals surface area contributed by atoms with Crippen molar-refractivity contribution in [1.82, 2.24) is 4.98 Å². The fraction of sp³-hybridized carbons (Fsp3) is 0.267. The summed E-state index contributed by atoms with van der Waals surface area (Å²) < 4.78 is 50.2. The van der Waals surface area contributed by atoms with Gasteiger partial charge in [-0.25, -0.2) is 9.37 Å². The predicted octanol–water partition coefficient (Wildman–Crippen LogP) is 4.28. The predicted molar refractivity (Wildman–Crippen MR) is 72.4 cm³/mol. The summed E-state index contributed by atoms with van der Waals surface area (Å²) in [7, 11) is 0. The smallest absolute Gasteiger partial charge is 0.381 e. The van der Waals surface area contributed by atoms with Crippen LogP contribution in [-0.2, 0) is 12.6 Å². The van der Waals surface area contributed by atoms with Gasteiger partial charge < -0.3 is 5.32 Å². The van der Waals surface area contributed by atoms with Crippen molar-refractivity contribution in [1.29, 1.82) is 0 Å². The van der Waals surface area contributed by atoms with Crippen LogP contribution in [0.3, 0.4) is 0 Å². The number of rotatable bonds is 4. The number of hydrogen-bond acceptors (Lipinski definition) is 2. The molecule has 0 saturated carbocycles. The van der Waals surface area contributed by atoms with Crippen molar-refractivity contribution < 1.29 is 17.6 Å². The van der Waals surface area contributed by atoms with Crippen LogP contribution in [-0.4, -0.2) is 11.0 Å². The summed E-state index contributed by atoms with van der Waals surface area (Å²) in [4.78, 5) is 3.38. The molecule has 21 heavy (non-hydrogen) atoms. The molecule has 0 aliphatic rings. The molecular formula is C15H14F4N2. The minimum atomic E-state index is -4.44. The molecule has 0 amide bonds. The summed E-state index contributed by atoms with van der Waals surface area (Å²) >= 11 is 0. The van der Waals surface area contributed by atoms with E-state index in [1.165, 1.54) is 18.2 Å². The Kier molecular flexibility index (Phi) is 4.45. The Morgan fingerprint density at radius 2 is 1.95 bits per heavy atom. The molecule has 6 heteroatoms. The van der Waals surface area contributed by atoms with E-state index in [9.17, 15) is 17.6 Å².